The van der Waals surface area contributed by atoms with Crippen molar-refractivity contribution in [3.05, 3.63) is 23.8 Å². The summed E-state index contributed by atoms with van der Waals surface area (Å²) in [6, 6.07) is 4.80. The van der Waals surface area contributed by atoms with Crippen molar-refractivity contribution in [3.63, 3.8) is 0 Å². The van der Waals surface area contributed by atoms with Crippen molar-refractivity contribution in [1.82, 2.24) is 5.32 Å². The fourth-order valence-corrected chi connectivity index (χ4v) is 2.78. The molecule has 1 saturated carbocycles. The molecule has 0 spiro atoms. The van der Waals surface area contributed by atoms with Gasteiger partial charge in [0, 0.05) is 30.1 Å². The Hall–Kier alpha value is -1.60. The third-order valence-electron chi connectivity index (χ3n) is 4.02. The first kappa shape index (κ1) is 21.4. The Bertz CT molecular complexity index is 561. The van der Waals surface area contributed by atoms with E-state index in [1.54, 1.807) is 12.1 Å². The molecule has 3 N–H and O–H groups in total. The molecule has 1 aliphatic carbocycles. The van der Waals surface area contributed by atoms with Crippen LogP contribution in [0.1, 0.15) is 38.2 Å². The van der Waals surface area contributed by atoms with E-state index in [1.807, 2.05) is 6.92 Å². The number of benzene rings is 1. The first-order valence-corrected chi connectivity index (χ1v) is 8.23. The summed E-state index contributed by atoms with van der Waals surface area (Å²) in [6.45, 7) is -0.365. The van der Waals surface area contributed by atoms with Crippen LogP contribution in [-0.4, -0.2) is 25.2 Å². The van der Waals surface area contributed by atoms with Crippen LogP contribution in [0.25, 0.3) is 0 Å². The summed E-state index contributed by atoms with van der Waals surface area (Å²) in [5, 5.41) is 2.78. The minimum atomic E-state index is -2.94. The van der Waals surface area contributed by atoms with Crippen molar-refractivity contribution < 1.29 is 23.0 Å². The molecule has 0 aliphatic heterocycles. The van der Waals surface area contributed by atoms with Gasteiger partial charge in [-0.2, -0.15) is 8.78 Å². The van der Waals surface area contributed by atoms with E-state index >= 15 is 0 Å². The SMILES string of the molecule is CCCOc1ccc(CNC(=O)C2CCC(N)C2)c(OC(F)F)c1.Cl. The number of hydrogen-bond acceptors (Lipinski definition) is 4. The minimum absolute atomic E-state index is 0. The summed E-state index contributed by atoms with van der Waals surface area (Å²) >= 11 is 0. The lowest BCUT2D eigenvalue weighted by Crippen LogP contribution is -2.30. The van der Waals surface area contributed by atoms with Gasteiger partial charge in [-0.15, -0.1) is 12.4 Å². The normalized spacial score (nSPS) is 19.4. The maximum atomic E-state index is 12.6. The Balaban J connectivity index is 0.00000312. The smallest absolute Gasteiger partial charge is 0.387 e. The Morgan fingerprint density at radius 2 is 2.16 bits per heavy atom. The minimum Gasteiger partial charge on any atom is -0.493 e. The molecule has 2 unspecified atom stereocenters. The molecule has 1 aromatic carbocycles. The van der Waals surface area contributed by atoms with Crippen LogP contribution >= 0.6 is 12.4 Å². The molecule has 1 amide bonds. The monoisotopic (exact) mass is 378 g/mol. The number of rotatable bonds is 8. The summed E-state index contributed by atoms with van der Waals surface area (Å²) in [6.07, 6.45) is 3.07. The van der Waals surface area contributed by atoms with Crippen LogP contribution in [0.5, 0.6) is 11.5 Å². The number of nitrogens with one attached hydrogen (secondary N) is 1. The predicted molar refractivity (Wildman–Crippen MR) is 93.3 cm³/mol. The molecule has 0 bridgehead atoms. The molecule has 25 heavy (non-hydrogen) atoms. The van der Waals surface area contributed by atoms with Crippen molar-refractivity contribution in [2.24, 2.45) is 11.7 Å². The van der Waals surface area contributed by atoms with Crippen molar-refractivity contribution in [3.8, 4) is 11.5 Å². The van der Waals surface area contributed by atoms with E-state index in [2.05, 4.69) is 10.1 Å². The van der Waals surface area contributed by atoms with Crippen molar-refractivity contribution in [2.75, 3.05) is 6.61 Å². The molecule has 0 aromatic heterocycles. The molecular formula is C17H25ClF2N2O3. The highest BCUT2D eigenvalue weighted by atomic mass is 35.5. The first-order valence-electron chi connectivity index (χ1n) is 8.23. The summed E-state index contributed by atoms with van der Waals surface area (Å²) < 4.78 is 35.2. The van der Waals surface area contributed by atoms with E-state index in [-0.39, 0.29) is 42.6 Å². The molecule has 1 aliphatic rings. The molecule has 5 nitrogen and oxygen atoms in total. The number of hydrogen-bond donors (Lipinski definition) is 2. The van der Waals surface area contributed by atoms with Gasteiger partial charge < -0.3 is 20.5 Å². The van der Waals surface area contributed by atoms with Crippen LogP contribution in [0, 0.1) is 5.92 Å². The molecular weight excluding hydrogens is 354 g/mol. The van der Waals surface area contributed by atoms with Crippen LogP contribution in [-0.2, 0) is 11.3 Å². The zero-order valence-corrected chi connectivity index (χ0v) is 15.0. The van der Waals surface area contributed by atoms with Gasteiger partial charge in [-0.25, -0.2) is 0 Å². The summed E-state index contributed by atoms with van der Waals surface area (Å²) in [4.78, 5) is 12.1. The van der Waals surface area contributed by atoms with Crippen molar-refractivity contribution >= 4 is 18.3 Å². The van der Waals surface area contributed by atoms with Crippen LogP contribution in [0.3, 0.4) is 0 Å². The standard InChI is InChI=1S/C17H24F2N2O3.ClH/c1-2-7-23-14-6-4-12(15(9-14)24-17(18)19)10-21-16(22)11-3-5-13(20)8-11;/h4,6,9,11,13,17H,2-3,5,7-8,10,20H2,1H3,(H,21,22);1H. The van der Waals surface area contributed by atoms with Gasteiger partial charge in [0.25, 0.3) is 0 Å². The van der Waals surface area contributed by atoms with Crippen molar-refractivity contribution in [1.29, 1.82) is 0 Å². The van der Waals surface area contributed by atoms with E-state index in [4.69, 9.17) is 10.5 Å². The molecule has 142 valence electrons. The second kappa shape index (κ2) is 10.4. The predicted octanol–water partition coefficient (Wildman–Crippen LogP) is 3.24. The average molecular weight is 379 g/mol. The molecule has 2 rings (SSSR count). The molecule has 0 saturated heterocycles. The van der Waals surface area contributed by atoms with Gasteiger partial charge in [0.05, 0.1) is 6.61 Å². The molecule has 0 radical (unpaired) electrons. The second-order valence-corrected chi connectivity index (χ2v) is 5.98. The van der Waals surface area contributed by atoms with Gasteiger partial charge in [-0.3, -0.25) is 4.79 Å². The Morgan fingerprint density at radius 1 is 1.40 bits per heavy atom. The van der Waals surface area contributed by atoms with Gasteiger partial charge in [0.2, 0.25) is 5.91 Å². The number of amides is 1. The lowest BCUT2D eigenvalue weighted by Gasteiger charge is -2.15. The van der Waals surface area contributed by atoms with Crippen LogP contribution < -0.4 is 20.5 Å². The molecule has 1 aromatic rings. The lowest BCUT2D eigenvalue weighted by atomic mass is 10.1. The van der Waals surface area contributed by atoms with Gasteiger partial charge >= 0.3 is 6.61 Å². The van der Waals surface area contributed by atoms with E-state index in [1.165, 1.54) is 6.07 Å². The lowest BCUT2D eigenvalue weighted by molar-refractivity contribution is -0.125. The maximum absolute atomic E-state index is 12.6. The summed E-state index contributed by atoms with van der Waals surface area (Å²) in [5.41, 5.74) is 6.29. The quantitative estimate of drug-likeness (QED) is 0.728. The highest BCUT2D eigenvalue weighted by molar-refractivity contribution is 5.85. The van der Waals surface area contributed by atoms with E-state index in [9.17, 15) is 13.6 Å². The Kier molecular flexibility index (Phi) is 8.92. The number of ether oxygens (including phenoxy) is 2. The highest BCUT2D eigenvalue weighted by Crippen LogP contribution is 2.28. The van der Waals surface area contributed by atoms with Crippen molar-refractivity contribution in [2.45, 2.75) is 51.8 Å². The maximum Gasteiger partial charge on any atom is 0.387 e. The van der Waals surface area contributed by atoms with Crippen LogP contribution in [0.2, 0.25) is 0 Å². The zero-order chi connectivity index (χ0) is 17.5. The zero-order valence-electron chi connectivity index (χ0n) is 14.2. The number of carbonyl (C=O) groups excluding carboxylic acids is 1. The van der Waals surface area contributed by atoms with Gasteiger partial charge in [-0.05, 0) is 37.8 Å². The Labute approximate surface area is 152 Å². The summed E-state index contributed by atoms with van der Waals surface area (Å²) in [5.74, 6) is 0.273. The van der Waals surface area contributed by atoms with Crippen LogP contribution in [0.4, 0.5) is 8.78 Å². The number of carbonyl (C=O) groups is 1. The Morgan fingerprint density at radius 3 is 2.76 bits per heavy atom. The topological polar surface area (TPSA) is 73.6 Å². The number of nitrogens with two attached hydrogens (primary N) is 1. The third kappa shape index (κ3) is 6.66. The van der Waals surface area contributed by atoms with Gasteiger partial charge in [0.1, 0.15) is 11.5 Å². The first-order chi connectivity index (χ1) is 11.5. The van der Waals surface area contributed by atoms with Gasteiger partial charge in [-0.1, -0.05) is 6.92 Å². The van der Waals surface area contributed by atoms with E-state index in [0.29, 0.717) is 24.3 Å². The van der Waals surface area contributed by atoms with Crippen LogP contribution in [0.15, 0.2) is 18.2 Å². The fraction of sp³-hybridized carbons (Fsp3) is 0.588. The summed E-state index contributed by atoms with van der Waals surface area (Å²) in [7, 11) is 0. The van der Waals surface area contributed by atoms with Gasteiger partial charge in [0.15, 0.2) is 0 Å². The molecule has 0 heterocycles. The molecule has 2 atom stereocenters. The number of alkyl halides is 2. The highest BCUT2D eigenvalue weighted by Gasteiger charge is 2.27. The fourth-order valence-electron chi connectivity index (χ4n) is 2.78. The van der Waals surface area contributed by atoms with E-state index in [0.717, 1.165) is 19.3 Å². The third-order valence-corrected chi connectivity index (χ3v) is 4.02. The largest absolute Gasteiger partial charge is 0.493 e. The second-order valence-electron chi connectivity index (χ2n) is 5.98. The molecule has 8 heteroatoms. The average Bonchev–Trinajstić information content (AvgIpc) is 2.97. The number of halogens is 3. The molecule has 1 fully saturated rings. The van der Waals surface area contributed by atoms with E-state index < -0.39 is 6.61 Å².